The van der Waals surface area contributed by atoms with Gasteiger partial charge in [0.15, 0.2) is 6.61 Å². The van der Waals surface area contributed by atoms with Gasteiger partial charge in [0.25, 0.3) is 5.91 Å². The molecule has 0 aliphatic carbocycles. The third-order valence-corrected chi connectivity index (χ3v) is 2.85. The van der Waals surface area contributed by atoms with Crippen LogP contribution in [0.25, 0.3) is 0 Å². The van der Waals surface area contributed by atoms with Gasteiger partial charge in [-0.15, -0.1) is 0 Å². The Hall–Kier alpha value is -0.760. The summed E-state index contributed by atoms with van der Waals surface area (Å²) in [6, 6.07) is 4.97. The zero-order valence-electron chi connectivity index (χ0n) is 8.85. The van der Waals surface area contributed by atoms with Gasteiger partial charge in [-0.2, -0.15) is 13.2 Å². The second kappa shape index (κ2) is 6.42. The van der Waals surface area contributed by atoms with E-state index in [0.717, 1.165) is 4.47 Å². The highest BCUT2D eigenvalue weighted by atomic mass is 79.9. The summed E-state index contributed by atoms with van der Waals surface area (Å²) in [6.07, 6.45) is -4.42. The van der Waals surface area contributed by atoms with Gasteiger partial charge in [-0.3, -0.25) is 4.79 Å². The topological polar surface area (TPSA) is 38.3 Å². The van der Waals surface area contributed by atoms with Crippen LogP contribution in [0, 0.1) is 0 Å². The number of carbonyl (C=O) groups is 1. The van der Waals surface area contributed by atoms with Crippen molar-refractivity contribution in [3.05, 3.63) is 27.1 Å². The fourth-order valence-electron chi connectivity index (χ4n) is 0.985. The van der Waals surface area contributed by atoms with E-state index in [1.165, 1.54) is 0 Å². The molecule has 1 aromatic carbocycles. The van der Waals surface area contributed by atoms with Crippen molar-refractivity contribution in [3.63, 3.8) is 0 Å². The predicted octanol–water partition coefficient (Wildman–Crippen LogP) is 3.27. The molecule has 0 unspecified atom stereocenters. The summed E-state index contributed by atoms with van der Waals surface area (Å²) >= 11 is 6.43. The SMILES string of the molecule is O=C(COc1ccc(Br)cc1Br)NCC(F)(F)F. The van der Waals surface area contributed by atoms with Gasteiger partial charge in [0.1, 0.15) is 12.3 Å². The maximum Gasteiger partial charge on any atom is 0.405 e. The molecule has 0 radical (unpaired) electrons. The smallest absolute Gasteiger partial charge is 0.405 e. The van der Waals surface area contributed by atoms with Crippen LogP contribution < -0.4 is 10.1 Å². The molecule has 0 aliphatic heterocycles. The lowest BCUT2D eigenvalue weighted by molar-refractivity contribution is -0.139. The number of rotatable bonds is 4. The zero-order chi connectivity index (χ0) is 13.8. The highest BCUT2D eigenvalue weighted by Gasteiger charge is 2.27. The number of hydrogen-bond donors (Lipinski definition) is 1. The van der Waals surface area contributed by atoms with E-state index in [9.17, 15) is 18.0 Å². The Morgan fingerprint density at radius 1 is 1.33 bits per heavy atom. The summed E-state index contributed by atoms with van der Waals surface area (Å²) in [5.41, 5.74) is 0. The van der Waals surface area contributed by atoms with Gasteiger partial charge in [0, 0.05) is 4.47 Å². The number of ether oxygens (including phenoxy) is 1. The molecular weight excluding hydrogens is 383 g/mol. The molecule has 0 saturated carbocycles. The highest BCUT2D eigenvalue weighted by molar-refractivity contribution is 9.11. The normalized spacial score (nSPS) is 11.2. The number of alkyl halides is 3. The van der Waals surface area contributed by atoms with Gasteiger partial charge < -0.3 is 10.1 Å². The first-order valence-electron chi connectivity index (χ1n) is 4.69. The summed E-state index contributed by atoms with van der Waals surface area (Å²) in [7, 11) is 0. The summed E-state index contributed by atoms with van der Waals surface area (Å²) in [5, 5.41) is 1.71. The quantitative estimate of drug-likeness (QED) is 0.856. The van der Waals surface area contributed by atoms with Gasteiger partial charge in [0.05, 0.1) is 4.47 Å². The van der Waals surface area contributed by atoms with E-state index in [-0.39, 0.29) is 0 Å². The van der Waals surface area contributed by atoms with E-state index in [1.807, 2.05) is 0 Å². The summed E-state index contributed by atoms with van der Waals surface area (Å²) < 4.78 is 41.9. The highest BCUT2D eigenvalue weighted by Crippen LogP contribution is 2.28. The molecule has 0 atom stereocenters. The second-order valence-corrected chi connectivity index (χ2v) is 5.03. The third-order valence-electron chi connectivity index (χ3n) is 1.74. The minimum Gasteiger partial charge on any atom is -0.483 e. The molecule has 0 heterocycles. The van der Waals surface area contributed by atoms with Gasteiger partial charge >= 0.3 is 6.18 Å². The van der Waals surface area contributed by atoms with E-state index in [1.54, 1.807) is 23.5 Å². The third kappa shape index (κ3) is 5.72. The number of amides is 1. The molecular formula is C10H8Br2F3NO2. The summed E-state index contributed by atoms with van der Waals surface area (Å²) in [4.78, 5) is 11.1. The molecule has 1 N–H and O–H groups in total. The minimum atomic E-state index is -4.42. The lowest BCUT2D eigenvalue weighted by Crippen LogP contribution is -2.36. The van der Waals surface area contributed by atoms with Gasteiger partial charge in [-0.05, 0) is 34.1 Å². The molecule has 1 rings (SSSR count). The minimum absolute atomic E-state index is 0.375. The Labute approximate surface area is 118 Å². The fourth-order valence-corrected chi connectivity index (χ4v) is 2.15. The molecule has 0 bridgehead atoms. The van der Waals surface area contributed by atoms with E-state index < -0.39 is 25.2 Å². The van der Waals surface area contributed by atoms with Crippen molar-refractivity contribution >= 4 is 37.8 Å². The van der Waals surface area contributed by atoms with Crippen LogP contribution in [0.4, 0.5) is 13.2 Å². The first-order chi connectivity index (χ1) is 8.28. The van der Waals surface area contributed by atoms with Crippen LogP contribution in [0.2, 0.25) is 0 Å². The lowest BCUT2D eigenvalue weighted by atomic mass is 10.3. The standard InChI is InChI=1S/C10H8Br2F3NO2/c11-6-1-2-8(7(12)3-6)18-4-9(17)16-5-10(13,14)15/h1-3H,4-5H2,(H,16,17). The first kappa shape index (κ1) is 15.3. The van der Waals surface area contributed by atoms with E-state index >= 15 is 0 Å². The zero-order valence-corrected chi connectivity index (χ0v) is 12.0. The van der Waals surface area contributed by atoms with Gasteiger partial charge in [-0.25, -0.2) is 0 Å². The Kier molecular flexibility index (Phi) is 5.46. The summed E-state index contributed by atoms with van der Waals surface area (Å²) in [5.74, 6) is -0.456. The fraction of sp³-hybridized carbons (Fsp3) is 0.300. The predicted molar refractivity (Wildman–Crippen MR) is 66.4 cm³/mol. The van der Waals surface area contributed by atoms with Crippen molar-refractivity contribution in [2.45, 2.75) is 6.18 Å². The average molecular weight is 391 g/mol. The van der Waals surface area contributed by atoms with Crippen LogP contribution in [0.15, 0.2) is 27.1 Å². The second-order valence-electron chi connectivity index (χ2n) is 3.26. The van der Waals surface area contributed by atoms with Crippen molar-refractivity contribution in [2.75, 3.05) is 13.2 Å². The molecule has 0 saturated heterocycles. The molecule has 3 nitrogen and oxygen atoms in total. The monoisotopic (exact) mass is 389 g/mol. The Morgan fingerprint density at radius 3 is 2.56 bits per heavy atom. The molecule has 18 heavy (non-hydrogen) atoms. The van der Waals surface area contributed by atoms with Crippen molar-refractivity contribution in [3.8, 4) is 5.75 Å². The van der Waals surface area contributed by atoms with Crippen LogP contribution in [0.5, 0.6) is 5.75 Å². The Balaban J connectivity index is 2.43. The van der Waals surface area contributed by atoms with E-state index in [4.69, 9.17) is 4.74 Å². The van der Waals surface area contributed by atoms with Gasteiger partial charge in [0.2, 0.25) is 0 Å². The van der Waals surface area contributed by atoms with E-state index in [0.29, 0.717) is 10.2 Å². The number of halogens is 5. The van der Waals surface area contributed by atoms with Crippen LogP contribution in [-0.4, -0.2) is 25.2 Å². The number of benzene rings is 1. The number of nitrogens with one attached hydrogen (secondary N) is 1. The van der Waals surface area contributed by atoms with Crippen molar-refractivity contribution in [2.24, 2.45) is 0 Å². The first-order valence-corrected chi connectivity index (χ1v) is 6.28. The largest absolute Gasteiger partial charge is 0.483 e. The average Bonchev–Trinajstić information content (AvgIpc) is 2.24. The lowest BCUT2D eigenvalue weighted by Gasteiger charge is -2.10. The molecule has 1 aromatic rings. The Morgan fingerprint density at radius 2 is 2.00 bits per heavy atom. The molecule has 1 amide bonds. The summed E-state index contributed by atoms with van der Waals surface area (Å²) in [6.45, 7) is -1.84. The number of carbonyl (C=O) groups excluding carboxylic acids is 1. The van der Waals surface area contributed by atoms with E-state index in [2.05, 4.69) is 31.9 Å². The van der Waals surface area contributed by atoms with Crippen LogP contribution in [0.1, 0.15) is 0 Å². The molecule has 0 aliphatic rings. The maximum atomic E-state index is 11.8. The van der Waals surface area contributed by atoms with Crippen molar-refractivity contribution in [1.29, 1.82) is 0 Å². The molecule has 8 heteroatoms. The van der Waals surface area contributed by atoms with Crippen LogP contribution in [0.3, 0.4) is 0 Å². The number of hydrogen-bond acceptors (Lipinski definition) is 2. The Bertz CT molecular complexity index is 438. The van der Waals surface area contributed by atoms with Crippen LogP contribution >= 0.6 is 31.9 Å². The van der Waals surface area contributed by atoms with Crippen molar-refractivity contribution in [1.82, 2.24) is 5.32 Å². The van der Waals surface area contributed by atoms with Crippen LogP contribution in [-0.2, 0) is 4.79 Å². The maximum absolute atomic E-state index is 11.8. The molecule has 0 aromatic heterocycles. The molecule has 100 valence electrons. The molecule has 0 spiro atoms. The van der Waals surface area contributed by atoms with Gasteiger partial charge in [-0.1, -0.05) is 15.9 Å². The van der Waals surface area contributed by atoms with Crippen molar-refractivity contribution < 1.29 is 22.7 Å². The molecule has 0 fully saturated rings.